The van der Waals surface area contributed by atoms with Gasteiger partial charge < -0.3 is 20.2 Å². The third kappa shape index (κ3) is 4.37. The molecule has 10 heteroatoms. The van der Waals surface area contributed by atoms with Crippen LogP contribution in [0.25, 0.3) is 11.0 Å². The lowest BCUT2D eigenvalue weighted by Gasteiger charge is -2.10. The van der Waals surface area contributed by atoms with Gasteiger partial charge in [0.15, 0.2) is 0 Å². The van der Waals surface area contributed by atoms with Gasteiger partial charge in [0.2, 0.25) is 17.2 Å². The van der Waals surface area contributed by atoms with Gasteiger partial charge in [-0.05, 0) is 42.6 Å². The number of nitrogens with one attached hydrogen (secondary N) is 2. The molecule has 28 heavy (non-hydrogen) atoms. The summed E-state index contributed by atoms with van der Waals surface area (Å²) in [4.78, 5) is 35.4. The second-order valence-corrected chi connectivity index (χ2v) is 6.42. The standard InChI is InChI=1S/C18H18ClN5O4/c1-3-6-20-17-22-16(19)23-18(24-17)21-10-4-5-11-9(2)12(8-14(25)26)15(27)28-13(11)7-10/h4-5,7H,3,6,8H2,1-2H3,(H,25,26)(H2,20,21,22,23,24). The highest BCUT2D eigenvalue weighted by Gasteiger charge is 2.15. The van der Waals surface area contributed by atoms with E-state index in [4.69, 9.17) is 21.1 Å². The number of carboxylic acid groups (broad SMARTS) is 1. The van der Waals surface area contributed by atoms with Gasteiger partial charge in [0.05, 0.1) is 12.0 Å². The first-order valence-corrected chi connectivity index (χ1v) is 8.95. The number of anilines is 3. The molecule has 0 aliphatic carbocycles. The van der Waals surface area contributed by atoms with Crippen molar-refractivity contribution in [3.05, 3.63) is 45.0 Å². The van der Waals surface area contributed by atoms with E-state index in [1.54, 1.807) is 25.1 Å². The predicted octanol–water partition coefficient (Wildman–Crippen LogP) is 3.13. The number of aliphatic carboxylic acids is 1. The summed E-state index contributed by atoms with van der Waals surface area (Å²) in [6.07, 6.45) is 0.514. The third-order valence-electron chi connectivity index (χ3n) is 4.01. The van der Waals surface area contributed by atoms with Crippen LogP contribution < -0.4 is 16.3 Å². The Morgan fingerprint density at radius 2 is 2.00 bits per heavy atom. The third-order valence-corrected chi connectivity index (χ3v) is 4.18. The summed E-state index contributed by atoms with van der Waals surface area (Å²) >= 11 is 5.94. The van der Waals surface area contributed by atoms with Crippen molar-refractivity contribution in [2.45, 2.75) is 26.7 Å². The molecule has 3 aromatic rings. The zero-order valence-electron chi connectivity index (χ0n) is 15.2. The Labute approximate surface area is 164 Å². The Morgan fingerprint density at radius 3 is 2.71 bits per heavy atom. The van der Waals surface area contributed by atoms with E-state index in [-0.39, 0.29) is 23.2 Å². The predicted molar refractivity (Wildman–Crippen MR) is 105 cm³/mol. The van der Waals surface area contributed by atoms with Gasteiger partial charge in [-0.1, -0.05) is 6.92 Å². The van der Waals surface area contributed by atoms with Crippen LogP contribution in [0, 0.1) is 6.92 Å². The van der Waals surface area contributed by atoms with Gasteiger partial charge >= 0.3 is 11.6 Å². The molecule has 0 unspecified atom stereocenters. The topological polar surface area (TPSA) is 130 Å². The van der Waals surface area contributed by atoms with Crippen molar-refractivity contribution in [1.29, 1.82) is 0 Å². The normalized spacial score (nSPS) is 10.8. The summed E-state index contributed by atoms with van der Waals surface area (Å²) in [5, 5.41) is 15.7. The molecule has 0 bridgehead atoms. The van der Waals surface area contributed by atoms with Gasteiger partial charge in [-0.2, -0.15) is 15.0 Å². The van der Waals surface area contributed by atoms with E-state index in [1.165, 1.54) is 0 Å². The lowest BCUT2D eigenvalue weighted by Crippen LogP contribution is -2.14. The fraction of sp³-hybridized carbons (Fsp3) is 0.278. The van der Waals surface area contributed by atoms with Crippen LogP contribution in [0.4, 0.5) is 17.6 Å². The summed E-state index contributed by atoms with van der Waals surface area (Å²) in [5.74, 6) is -0.502. The molecular weight excluding hydrogens is 386 g/mol. The van der Waals surface area contributed by atoms with Gasteiger partial charge in [-0.25, -0.2) is 4.79 Å². The Balaban J connectivity index is 1.94. The molecule has 0 atom stereocenters. The molecule has 1 aromatic carbocycles. The van der Waals surface area contributed by atoms with E-state index in [0.29, 0.717) is 34.7 Å². The monoisotopic (exact) mass is 403 g/mol. The van der Waals surface area contributed by atoms with Gasteiger partial charge in [-0.3, -0.25) is 4.79 Å². The Bertz CT molecular complexity index is 1100. The van der Waals surface area contributed by atoms with Crippen molar-refractivity contribution >= 4 is 46.1 Å². The Hall–Kier alpha value is -3.20. The average molecular weight is 404 g/mol. The van der Waals surface area contributed by atoms with Crippen molar-refractivity contribution in [2.75, 3.05) is 17.2 Å². The van der Waals surface area contributed by atoms with Crippen LogP contribution in [0.3, 0.4) is 0 Å². The molecule has 2 aromatic heterocycles. The van der Waals surface area contributed by atoms with Crippen LogP contribution in [0.2, 0.25) is 5.28 Å². The smallest absolute Gasteiger partial charge is 0.340 e. The highest BCUT2D eigenvalue weighted by atomic mass is 35.5. The largest absolute Gasteiger partial charge is 0.481 e. The summed E-state index contributed by atoms with van der Waals surface area (Å²) < 4.78 is 5.30. The van der Waals surface area contributed by atoms with Crippen LogP contribution in [0.5, 0.6) is 0 Å². The molecule has 0 fully saturated rings. The molecule has 0 saturated heterocycles. The first-order chi connectivity index (χ1) is 13.4. The van der Waals surface area contributed by atoms with Crippen molar-refractivity contribution in [3.8, 4) is 0 Å². The van der Waals surface area contributed by atoms with E-state index in [0.717, 1.165) is 6.42 Å². The van der Waals surface area contributed by atoms with Gasteiger partial charge in [0.1, 0.15) is 5.58 Å². The lowest BCUT2D eigenvalue weighted by molar-refractivity contribution is -0.136. The van der Waals surface area contributed by atoms with Crippen LogP contribution in [-0.2, 0) is 11.2 Å². The fourth-order valence-corrected chi connectivity index (χ4v) is 2.84. The number of fused-ring (bicyclic) bond motifs is 1. The highest BCUT2D eigenvalue weighted by molar-refractivity contribution is 6.28. The van der Waals surface area contributed by atoms with Crippen molar-refractivity contribution in [2.24, 2.45) is 0 Å². The van der Waals surface area contributed by atoms with Gasteiger partial charge in [0.25, 0.3) is 0 Å². The fourth-order valence-electron chi connectivity index (χ4n) is 2.68. The second-order valence-electron chi connectivity index (χ2n) is 6.08. The number of hydrogen-bond donors (Lipinski definition) is 3. The zero-order chi connectivity index (χ0) is 20.3. The second kappa shape index (κ2) is 8.22. The van der Waals surface area contributed by atoms with Crippen LogP contribution in [0.15, 0.2) is 27.4 Å². The highest BCUT2D eigenvalue weighted by Crippen LogP contribution is 2.25. The maximum Gasteiger partial charge on any atom is 0.340 e. The van der Waals surface area contributed by atoms with Crippen molar-refractivity contribution in [3.63, 3.8) is 0 Å². The molecule has 3 rings (SSSR count). The average Bonchev–Trinajstić information content (AvgIpc) is 2.62. The number of halogens is 1. The number of aromatic nitrogens is 3. The molecule has 0 amide bonds. The van der Waals surface area contributed by atoms with Crippen molar-refractivity contribution < 1.29 is 14.3 Å². The number of hydrogen-bond acceptors (Lipinski definition) is 8. The molecule has 0 aliphatic heterocycles. The number of rotatable bonds is 7. The summed E-state index contributed by atoms with van der Waals surface area (Å²) in [6, 6.07) is 5.10. The van der Waals surface area contributed by atoms with Gasteiger partial charge in [0, 0.05) is 23.7 Å². The molecule has 2 heterocycles. The molecule has 0 aliphatic rings. The summed E-state index contributed by atoms with van der Waals surface area (Å²) in [6.45, 7) is 4.41. The van der Waals surface area contributed by atoms with E-state index >= 15 is 0 Å². The maximum absolute atomic E-state index is 12.1. The molecule has 3 N–H and O–H groups in total. The van der Waals surface area contributed by atoms with E-state index in [1.807, 2.05) is 6.92 Å². The van der Waals surface area contributed by atoms with Gasteiger partial charge in [-0.15, -0.1) is 0 Å². The minimum Gasteiger partial charge on any atom is -0.481 e. The number of nitrogens with zero attached hydrogens (tertiary/aromatic N) is 3. The quantitative estimate of drug-likeness (QED) is 0.509. The molecule has 0 saturated carbocycles. The molecule has 0 radical (unpaired) electrons. The minimum absolute atomic E-state index is 0.0394. The lowest BCUT2D eigenvalue weighted by atomic mass is 10.0. The van der Waals surface area contributed by atoms with Crippen LogP contribution in [0.1, 0.15) is 24.5 Å². The Kier molecular flexibility index (Phi) is 5.74. The van der Waals surface area contributed by atoms with Crippen LogP contribution >= 0.6 is 11.6 Å². The summed E-state index contributed by atoms with van der Waals surface area (Å²) in [5.41, 5.74) is 0.945. The Morgan fingerprint density at radius 1 is 1.25 bits per heavy atom. The molecule has 9 nitrogen and oxygen atoms in total. The van der Waals surface area contributed by atoms with E-state index in [2.05, 4.69) is 25.6 Å². The first kappa shape index (κ1) is 19.6. The number of carbonyl (C=O) groups is 1. The van der Waals surface area contributed by atoms with Crippen LogP contribution in [-0.4, -0.2) is 32.6 Å². The zero-order valence-corrected chi connectivity index (χ0v) is 16.0. The first-order valence-electron chi connectivity index (χ1n) is 8.58. The minimum atomic E-state index is -1.09. The SMILES string of the molecule is CCCNc1nc(Cl)nc(Nc2ccc3c(C)c(CC(=O)O)c(=O)oc3c2)n1. The molecular formula is C18H18ClN5O4. The summed E-state index contributed by atoms with van der Waals surface area (Å²) in [7, 11) is 0. The molecule has 146 valence electrons. The van der Waals surface area contributed by atoms with E-state index in [9.17, 15) is 9.59 Å². The maximum atomic E-state index is 12.1. The number of aryl methyl sites for hydroxylation is 1. The number of benzene rings is 1. The van der Waals surface area contributed by atoms with E-state index < -0.39 is 11.6 Å². The number of carboxylic acids is 1. The van der Waals surface area contributed by atoms with Crippen molar-refractivity contribution in [1.82, 2.24) is 15.0 Å². The molecule has 0 spiro atoms.